The third-order valence-electron chi connectivity index (χ3n) is 3.38. The molecule has 1 aliphatic rings. The van der Waals surface area contributed by atoms with Crippen molar-refractivity contribution in [3.8, 4) is 0 Å². The van der Waals surface area contributed by atoms with Crippen LogP contribution in [0.25, 0.3) is 0 Å². The quantitative estimate of drug-likeness (QED) is 0.833. The van der Waals surface area contributed by atoms with Gasteiger partial charge < -0.3 is 5.73 Å². The highest BCUT2D eigenvalue weighted by molar-refractivity contribution is 9.10. The lowest BCUT2D eigenvalue weighted by Crippen LogP contribution is -2.38. The maximum atomic E-state index is 14.0. The molecule has 0 spiro atoms. The summed E-state index contributed by atoms with van der Waals surface area (Å²) in [6.07, 6.45) is 1.59. The predicted molar refractivity (Wildman–Crippen MR) is 75.7 cm³/mol. The third-order valence-corrected chi connectivity index (χ3v) is 5.85. The Bertz CT molecular complexity index is 584. The molecule has 1 aromatic rings. The fraction of sp³-hybridized carbons (Fsp3) is 0.500. The fourth-order valence-corrected chi connectivity index (χ4v) is 4.34. The zero-order valence-electron chi connectivity index (χ0n) is 10.6. The van der Waals surface area contributed by atoms with Gasteiger partial charge in [-0.25, -0.2) is 12.8 Å². The van der Waals surface area contributed by atoms with E-state index in [9.17, 15) is 12.8 Å². The predicted octanol–water partition coefficient (Wildman–Crippen LogP) is 2.59. The summed E-state index contributed by atoms with van der Waals surface area (Å²) in [6, 6.07) is 2.53. The van der Waals surface area contributed by atoms with Gasteiger partial charge in [-0.15, -0.1) is 0 Å². The van der Waals surface area contributed by atoms with Crippen molar-refractivity contribution in [2.24, 2.45) is 5.92 Å². The summed E-state index contributed by atoms with van der Waals surface area (Å²) >= 11 is 2.98. The summed E-state index contributed by atoms with van der Waals surface area (Å²) in [5.41, 5.74) is 5.82. The smallest absolute Gasteiger partial charge is 0.246 e. The number of nitrogen functional groups attached to an aromatic ring is 1. The third kappa shape index (κ3) is 2.93. The lowest BCUT2D eigenvalue weighted by atomic mass is 10.0. The van der Waals surface area contributed by atoms with E-state index in [0.717, 1.165) is 12.8 Å². The highest BCUT2D eigenvalue weighted by atomic mass is 79.9. The first kappa shape index (κ1) is 14.7. The van der Waals surface area contributed by atoms with Gasteiger partial charge in [-0.2, -0.15) is 4.31 Å². The van der Waals surface area contributed by atoms with Crippen molar-refractivity contribution < 1.29 is 12.8 Å². The minimum Gasteiger partial charge on any atom is -0.399 e. The van der Waals surface area contributed by atoms with Gasteiger partial charge in [0.15, 0.2) is 5.82 Å². The molecule has 4 nitrogen and oxygen atoms in total. The molecule has 0 saturated carbocycles. The molecule has 0 aliphatic carbocycles. The second kappa shape index (κ2) is 5.38. The highest BCUT2D eigenvalue weighted by Crippen LogP contribution is 2.30. The Morgan fingerprint density at radius 3 is 2.53 bits per heavy atom. The molecule has 19 heavy (non-hydrogen) atoms. The van der Waals surface area contributed by atoms with E-state index in [-0.39, 0.29) is 15.1 Å². The summed E-state index contributed by atoms with van der Waals surface area (Å²) in [5.74, 6) is -0.281. The second-order valence-corrected chi connectivity index (χ2v) is 7.66. The SMILES string of the molecule is CC1CCN(S(=O)(=O)c2cc(N)cc(Br)c2F)CC1. The van der Waals surface area contributed by atoms with Gasteiger partial charge in [-0.1, -0.05) is 6.92 Å². The van der Waals surface area contributed by atoms with Crippen LogP contribution in [0.3, 0.4) is 0 Å². The van der Waals surface area contributed by atoms with Gasteiger partial charge in [0.25, 0.3) is 0 Å². The van der Waals surface area contributed by atoms with Crippen molar-refractivity contribution in [3.05, 3.63) is 22.4 Å². The summed E-state index contributed by atoms with van der Waals surface area (Å²) in [4.78, 5) is -0.353. The van der Waals surface area contributed by atoms with Crippen molar-refractivity contribution in [1.29, 1.82) is 0 Å². The summed E-state index contributed by atoms with van der Waals surface area (Å²) in [5, 5.41) is 0. The van der Waals surface area contributed by atoms with E-state index < -0.39 is 15.8 Å². The maximum Gasteiger partial charge on any atom is 0.246 e. The monoisotopic (exact) mass is 350 g/mol. The largest absolute Gasteiger partial charge is 0.399 e. The van der Waals surface area contributed by atoms with Crippen molar-refractivity contribution >= 4 is 31.6 Å². The van der Waals surface area contributed by atoms with Crippen LogP contribution in [0.5, 0.6) is 0 Å². The first-order chi connectivity index (χ1) is 8.82. The Kier molecular flexibility index (Phi) is 4.17. The molecular weight excluding hydrogens is 335 g/mol. The number of rotatable bonds is 2. The van der Waals surface area contributed by atoms with Crippen molar-refractivity contribution in [1.82, 2.24) is 4.31 Å². The number of halogens is 2. The van der Waals surface area contributed by atoms with Crippen LogP contribution >= 0.6 is 15.9 Å². The number of hydrogen-bond donors (Lipinski definition) is 1. The normalized spacial score (nSPS) is 18.7. The van der Waals surface area contributed by atoms with Gasteiger partial charge in [-0.05, 0) is 46.8 Å². The lowest BCUT2D eigenvalue weighted by molar-refractivity contribution is 0.287. The Balaban J connectivity index is 2.40. The Hall–Kier alpha value is -0.660. The van der Waals surface area contributed by atoms with Gasteiger partial charge in [0.1, 0.15) is 4.90 Å². The Morgan fingerprint density at radius 1 is 1.37 bits per heavy atom. The van der Waals surface area contributed by atoms with E-state index in [1.807, 2.05) is 0 Å². The van der Waals surface area contributed by atoms with E-state index in [4.69, 9.17) is 5.73 Å². The highest BCUT2D eigenvalue weighted by Gasteiger charge is 2.31. The van der Waals surface area contributed by atoms with Crippen LogP contribution < -0.4 is 5.73 Å². The zero-order valence-corrected chi connectivity index (χ0v) is 13.0. The molecule has 0 amide bonds. The van der Waals surface area contributed by atoms with E-state index in [1.165, 1.54) is 16.4 Å². The van der Waals surface area contributed by atoms with Crippen molar-refractivity contribution in [2.75, 3.05) is 18.8 Å². The minimum atomic E-state index is -3.81. The number of anilines is 1. The van der Waals surface area contributed by atoms with Crippen LogP contribution in [-0.2, 0) is 10.0 Å². The molecule has 0 bridgehead atoms. The number of nitrogens with two attached hydrogens (primary N) is 1. The number of nitrogens with zero attached hydrogens (tertiary/aromatic N) is 1. The molecule has 7 heteroatoms. The van der Waals surface area contributed by atoms with Crippen molar-refractivity contribution in [2.45, 2.75) is 24.7 Å². The van der Waals surface area contributed by atoms with Gasteiger partial charge in [0, 0.05) is 18.8 Å². The number of hydrogen-bond acceptors (Lipinski definition) is 3. The van der Waals surface area contributed by atoms with E-state index in [1.54, 1.807) is 0 Å². The lowest BCUT2D eigenvalue weighted by Gasteiger charge is -2.29. The summed E-state index contributed by atoms with van der Waals surface area (Å²) < 4.78 is 40.3. The van der Waals surface area contributed by atoms with Crippen LogP contribution in [-0.4, -0.2) is 25.8 Å². The zero-order chi connectivity index (χ0) is 14.2. The van der Waals surface area contributed by atoms with Gasteiger partial charge >= 0.3 is 0 Å². The summed E-state index contributed by atoms with van der Waals surface area (Å²) in [7, 11) is -3.81. The Labute approximate surface area is 121 Å². The molecule has 2 N–H and O–H groups in total. The number of benzene rings is 1. The topological polar surface area (TPSA) is 63.4 Å². The van der Waals surface area contributed by atoms with Gasteiger partial charge in [0.05, 0.1) is 4.47 Å². The average Bonchev–Trinajstić information content (AvgIpc) is 2.34. The van der Waals surface area contributed by atoms with Crippen molar-refractivity contribution in [3.63, 3.8) is 0 Å². The molecule has 0 atom stereocenters. The second-order valence-electron chi connectivity index (χ2n) is 4.90. The first-order valence-electron chi connectivity index (χ1n) is 6.07. The summed E-state index contributed by atoms with van der Waals surface area (Å²) in [6.45, 7) is 2.94. The minimum absolute atomic E-state index is 0.0662. The van der Waals surface area contributed by atoms with Gasteiger partial charge in [0.2, 0.25) is 10.0 Å². The van der Waals surface area contributed by atoms with E-state index in [0.29, 0.717) is 19.0 Å². The molecule has 1 aliphatic heterocycles. The fourth-order valence-electron chi connectivity index (χ4n) is 2.14. The van der Waals surface area contributed by atoms with Crippen LogP contribution in [0, 0.1) is 11.7 Å². The molecule has 2 rings (SSSR count). The average molecular weight is 351 g/mol. The van der Waals surface area contributed by atoms with Crippen LogP contribution in [0.2, 0.25) is 0 Å². The molecule has 1 aromatic carbocycles. The van der Waals surface area contributed by atoms with Crippen LogP contribution in [0.1, 0.15) is 19.8 Å². The number of sulfonamides is 1. The van der Waals surface area contributed by atoms with E-state index >= 15 is 0 Å². The molecule has 1 fully saturated rings. The molecular formula is C12H16BrFN2O2S. The first-order valence-corrected chi connectivity index (χ1v) is 8.30. The Morgan fingerprint density at radius 2 is 1.95 bits per heavy atom. The van der Waals surface area contributed by atoms with Crippen LogP contribution in [0.4, 0.5) is 10.1 Å². The molecule has 1 heterocycles. The standard InChI is InChI=1S/C12H16BrFN2O2S/c1-8-2-4-16(5-3-8)19(17,18)11-7-9(15)6-10(13)12(11)14/h6-8H,2-5,15H2,1H3. The maximum absolute atomic E-state index is 14.0. The van der Waals surface area contributed by atoms with Crippen LogP contribution in [0.15, 0.2) is 21.5 Å². The molecule has 106 valence electrons. The van der Waals surface area contributed by atoms with Gasteiger partial charge in [-0.3, -0.25) is 0 Å². The number of piperidine rings is 1. The molecule has 0 aromatic heterocycles. The molecule has 0 radical (unpaired) electrons. The van der Waals surface area contributed by atoms with E-state index in [2.05, 4.69) is 22.9 Å². The molecule has 1 saturated heterocycles. The molecule has 0 unspecified atom stereocenters.